The summed E-state index contributed by atoms with van der Waals surface area (Å²) < 4.78 is 0. The fraction of sp³-hybridized carbons (Fsp3) is 0.818. The van der Waals surface area contributed by atoms with Gasteiger partial charge in [0.25, 0.3) is 5.91 Å². The molecule has 2 rings (SSSR count). The standard InChI is InChI=1S/C11H18N2O2/c1-7(2)11(8-5-3-4-6-8)9(14)12-10(15)13-11/h7-8H,3-6H2,1-2H3,(H2,12,13,14,15). The van der Waals surface area contributed by atoms with Gasteiger partial charge in [0.2, 0.25) is 0 Å². The van der Waals surface area contributed by atoms with Crippen LogP contribution in [0.5, 0.6) is 0 Å². The lowest BCUT2D eigenvalue weighted by Crippen LogP contribution is -2.56. The molecule has 0 bridgehead atoms. The van der Waals surface area contributed by atoms with E-state index in [2.05, 4.69) is 10.6 Å². The minimum absolute atomic E-state index is 0.130. The molecule has 2 aliphatic rings. The number of nitrogens with one attached hydrogen (secondary N) is 2. The number of imide groups is 1. The van der Waals surface area contributed by atoms with Crippen molar-refractivity contribution in [1.29, 1.82) is 0 Å². The van der Waals surface area contributed by atoms with E-state index in [0.717, 1.165) is 12.8 Å². The maximum Gasteiger partial charge on any atom is 0.322 e. The maximum atomic E-state index is 11.9. The van der Waals surface area contributed by atoms with Gasteiger partial charge in [0.15, 0.2) is 0 Å². The molecule has 4 nitrogen and oxygen atoms in total. The first-order valence-electron chi connectivity index (χ1n) is 5.71. The van der Waals surface area contributed by atoms with Crippen LogP contribution in [0.1, 0.15) is 39.5 Å². The topological polar surface area (TPSA) is 58.2 Å². The van der Waals surface area contributed by atoms with Crippen molar-refractivity contribution in [3.05, 3.63) is 0 Å². The normalized spacial score (nSPS) is 32.2. The summed E-state index contributed by atoms with van der Waals surface area (Å²) in [7, 11) is 0. The highest BCUT2D eigenvalue weighted by Crippen LogP contribution is 2.40. The number of carbonyl (C=O) groups excluding carboxylic acids is 2. The molecule has 1 aliphatic heterocycles. The largest absolute Gasteiger partial charge is 0.323 e. The number of carbonyl (C=O) groups is 2. The Bertz CT molecular complexity index is 295. The molecule has 0 aromatic rings. The van der Waals surface area contributed by atoms with Gasteiger partial charge in [-0.1, -0.05) is 26.7 Å². The lowest BCUT2D eigenvalue weighted by molar-refractivity contribution is -0.127. The zero-order valence-corrected chi connectivity index (χ0v) is 9.30. The summed E-state index contributed by atoms with van der Waals surface area (Å²) in [6.07, 6.45) is 4.43. The first-order chi connectivity index (χ1) is 7.07. The highest BCUT2D eigenvalue weighted by molar-refractivity contribution is 6.07. The van der Waals surface area contributed by atoms with E-state index in [-0.39, 0.29) is 17.9 Å². The lowest BCUT2D eigenvalue weighted by Gasteiger charge is -2.36. The Hall–Kier alpha value is -1.06. The molecule has 3 amide bonds. The van der Waals surface area contributed by atoms with E-state index in [4.69, 9.17) is 0 Å². The highest BCUT2D eigenvalue weighted by atomic mass is 16.2. The van der Waals surface area contributed by atoms with E-state index in [9.17, 15) is 9.59 Å². The van der Waals surface area contributed by atoms with Gasteiger partial charge in [-0.05, 0) is 24.7 Å². The molecule has 0 aromatic carbocycles. The van der Waals surface area contributed by atoms with Gasteiger partial charge in [-0.2, -0.15) is 0 Å². The Morgan fingerprint density at radius 3 is 2.27 bits per heavy atom. The molecule has 1 unspecified atom stereocenters. The minimum atomic E-state index is -0.645. The molecular formula is C11H18N2O2. The third kappa shape index (κ3) is 1.43. The van der Waals surface area contributed by atoms with Crippen LogP contribution in [0.2, 0.25) is 0 Å². The van der Waals surface area contributed by atoms with E-state index >= 15 is 0 Å². The molecule has 1 saturated heterocycles. The van der Waals surface area contributed by atoms with Gasteiger partial charge in [0, 0.05) is 0 Å². The Morgan fingerprint density at radius 1 is 1.27 bits per heavy atom. The third-order valence-corrected chi connectivity index (χ3v) is 3.83. The number of rotatable bonds is 2. The van der Waals surface area contributed by atoms with Crippen molar-refractivity contribution in [3.63, 3.8) is 0 Å². The van der Waals surface area contributed by atoms with Gasteiger partial charge >= 0.3 is 6.03 Å². The number of urea groups is 1. The molecule has 15 heavy (non-hydrogen) atoms. The summed E-state index contributed by atoms with van der Waals surface area (Å²) in [5, 5.41) is 5.24. The van der Waals surface area contributed by atoms with Crippen LogP contribution in [0.3, 0.4) is 0 Å². The van der Waals surface area contributed by atoms with Crippen molar-refractivity contribution in [3.8, 4) is 0 Å². The van der Waals surface area contributed by atoms with Crippen LogP contribution < -0.4 is 10.6 Å². The van der Waals surface area contributed by atoms with E-state index < -0.39 is 5.54 Å². The summed E-state index contributed by atoms with van der Waals surface area (Å²) in [6.45, 7) is 4.01. The van der Waals surface area contributed by atoms with Crippen molar-refractivity contribution in [1.82, 2.24) is 10.6 Å². The smallest absolute Gasteiger partial charge is 0.322 e. The third-order valence-electron chi connectivity index (χ3n) is 3.83. The second kappa shape index (κ2) is 3.51. The fourth-order valence-electron chi connectivity index (χ4n) is 3.03. The van der Waals surface area contributed by atoms with Crippen LogP contribution >= 0.6 is 0 Å². The van der Waals surface area contributed by atoms with Crippen molar-refractivity contribution < 1.29 is 9.59 Å². The molecule has 1 saturated carbocycles. The van der Waals surface area contributed by atoms with Crippen molar-refractivity contribution in [2.24, 2.45) is 11.8 Å². The molecule has 2 N–H and O–H groups in total. The predicted molar refractivity (Wildman–Crippen MR) is 56.2 cm³/mol. The maximum absolute atomic E-state index is 11.9. The summed E-state index contributed by atoms with van der Waals surface area (Å²) in [6, 6.07) is -0.333. The van der Waals surface area contributed by atoms with Crippen LogP contribution in [0.15, 0.2) is 0 Å². The number of amides is 3. The van der Waals surface area contributed by atoms with Gasteiger partial charge in [0.1, 0.15) is 5.54 Å². The Morgan fingerprint density at radius 2 is 1.87 bits per heavy atom. The Labute approximate surface area is 89.8 Å². The Balaban J connectivity index is 2.31. The van der Waals surface area contributed by atoms with Crippen LogP contribution in [-0.2, 0) is 4.79 Å². The second-order valence-electron chi connectivity index (χ2n) is 4.91. The SMILES string of the molecule is CC(C)C1(C2CCCC2)NC(=O)NC1=O. The van der Waals surface area contributed by atoms with Crippen LogP contribution in [-0.4, -0.2) is 17.5 Å². The van der Waals surface area contributed by atoms with Crippen molar-refractivity contribution in [2.45, 2.75) is 45.1 Å². The van der Waals surface area contributed by atoms with Gasteiger partial charge in [-0.15, -0.1) is 0 Å². The van der Waals surface area contributed by atoms with Gasteiger partial charge in [-0.3, -0.25) is 10.1 Å². The fourth-order valence-corrected chi connectivity index (χ4v) is 3.03. The molecule has 4 heteroatoms. The molecule has 1 aliphatic carbocycles. The van der Waals surface area contributed by atoms with E-state index in [1.54, 1.807) is 0 Å². The number of hydrogen-bond donors (Lipinski definition) is 2. The second-order valence-corrected chi connectivity index (χ2v) is 4.91. The summed E-state index contributed by atoms with van der Waals surface area (Å²) in [4.78, 5) is 23.2. The van der Waals surface area contributed by atoms with Crippen LogP contribution in [0.25, 0.3) is 0 Å². The molecule has 1 atom stereocenters. The first kappa shape index (κ1) is 10.5. The quantitative estimate of drug-likeness (QED) is 0.677. The summed E-state index contributed by atoms with van der Waals surface area (Å²) >= 11 is 0. The van der Waals surface area contributed by atoms with Gasteiger partial charge in [0.05, 0.1) is 0 Å². The van der Waals surface area contributed by atoms with E-state index in [0.29, 0.717) is 5.92 Å². The molecule has 0 spiro atoms. The lowest BCUT2D eigenvalue weighted by atomic mass is 9.74. The molecule has 84 valence electrons. The molecule has 1 heterocycles. The summed E-state index contributed by atoms with van der Waals surface area (Å²) in [5.41, 5.74) is -0.645. The van der Waals surface area contributed by atoms with Crippen LogP contribution in [0.4, 0.5) is 4.79 Å². The predicted octanol–water partition coefficient (Wildman–Crippen LogP) is 1.41. The van der Waals surface area contributed by atoms with E-state index in [1.165, 1.54) is 12.8 Å². The van der Waals surface area contributed by atoms with Gasteiger partial charge in [-0.25, -0.2) is 4.79 Å². The summed E-state index contributed by atoms with van der Waals surface area (Å²) in [5.74, 6) is 0.324. The molecule has 0 radical (unpaired) electrons. The molecule has 2 fully saturated rings. The average molecular weight is 210 g/mol. The first-order valence-corrected chi connectivity index (χ1v) is 5.71. The monoisotopic (exact) mass is 210 g/mol. The molecular weight excluding hydrogens is 192 g/mol. The zero-order valence-electron chi connectivity index (χ0n) is 9.30. The zero-order chi connectivity index (χ0) is 11.1. The van der Waals surface area contributed by atoms with Crippen LogP contribution in [0, 0.1) is 11.8 Å². The molecule has 0 aromatic heterocycles. The average Bonchev–Trinajstić information content (AvgIpc) is 2.72. The van der Waals surface area contributed by atoms with Crippen molar-refractivity contribution in [2.75, 3.05) is 0 Å². The Kier molecular flexibility index (Phi) is 2.44. The number of hydrogen-bond acceptors (Lipinski definition) is 2. The minimum Gasteiger partial charge on any atom is -0.323 e. The van der Waals surface area contributed by atoms with E-state index in [1.807, 2.05) is 13.8 Å². The van der Waals surface area contributed by atoms with Crippen molar-refractivity contribution >= 4 is 11.9 Å². The highest BCUT2D eigenvalue weighted by Gasteiger charge is 2.54. The van der Waals surface area contributed by atoms with Gasteiger partial charge < -0.3 is 5.32 Å².